The van der Waals surface area contributed by atoms with Crippen LogP contribution in [0.1, 0.15) is 126 Å². The summed E-state index contributed by atoms with van der Waals surface area (Å²) in [6.45, 7) is 12.3. The van der Waals surface area contributed by atoms with E-state index in [0.717, 1.165) is 126 Å². The fourth-order valence-electron chi connectivity index (χ4n) is 13.8. The van der Waals surface area contributed by atoms with Crippen molar-refractivity contribution >= 4 is 64.8 Å². The van der Waals surface area contributed by atoms with Crippen LogP contribution in [-0.2, 0) is 69.3 Å². The van der Waals surface area contributed by atoms with Gasteiger partial charge in [0.1, 0.15) is 26.4 Å². The highest BCUT2D eigenvalue weighted by atomic mass is 35.5. The summed E-state index contributed by atoms with van der Waals surface area (Å²) in [4.78, 5) is 120. The second kappa shape index (κ2) is 39.2. The highest BCUT2D eigenvalue weighted by molar-refractivity contribution is 6.61. The summed E-state index contributed by atoms with van der Waals surface area (Å²) in [6, 6.07) is 39.9. The number of piperazine rings is 5. The van der Waals surface area contributed by atoms with Crippen molar-refractivity contribution in [2.45, 2.75) is 160 Å². The summed E-state index contributed by atoms with van der Waals surface area (Å²) in [6.07, 6.45) is 12.9. The number of carbonyl (C=O) groups is 9. The zero-order valence-corrected chi connectivity index (χ0v) is 56.0. The second-order valence-corrected chi connectivity index (χ2v) is 25.9. The SMILES string of the molecule is C.O=C(Cl)OCc1ccccc1.O=C(OCc1ccccc1)N1CCN2C(=O)CCC[C@@H]2C1.O=C(OCc1ccccc1)N1CCN2C(=O)CCC[C@@H]2C1.O=C(OCc1ccccc1)N1CCN2C(=O)CCC[C@H]2C1.O=C1CCCC2CNCCN12.O=C1CCC[C@@H]2CNCCN12. The number of amides is 8. The van der Waals surface area contributed by atoms with Gasteiger partial charge in [0.25, 0.3) is 0 Å². The molecule has 4 aromatic carbocycles. The largest absolute Gasteiger partial charge is 0.449 e. The quantitative estimate of drug-likeness (QED) is 0.123. The molecular formula is C73H99ClN10O13. The first-order valence-electron chi connectivity index (χ1n) is 34.4. The van der Waals surface area contributed by atoms with E-state index >= 15 is 0 Å². The molecule has 14 rings (SSSR count). The third-order valence-electron chi connectivity index (χ3n) is 19.0. The van der Waals surface area contributed by atoms with Crippen molar-refractivity contribution in [1.82, 2.24) is 49.8 Å². The first-order valence-corrected chi connectivity index (χ1v) is 34.8. The number of rotatable bonds is 8. The molecule has 0 aromatic heterocycles. The van der Waals surface area contributed by atoms with E-state index < -0.39 is 5.43 Å². The Morgan fingerprint density at radius 3 is 0.856 bits per heavy atom. The van der Waals surface area contributed by atoms with Crippen molar-refractivity contribution < 1.29 is 62.1 Å². The molecule has 526 valence electrons. The predicted molar refractivity (Wildman–Crippen MR) is 366 cm³/mol. The Kier molecular flexibility index (Phi) is 30.1. The molecule has 0 spiro atoms. The van der Waals surface area contributed by atoms with Crippen molar-refractivity contribution in [3.05, 3.63) is 144 Å². The van der Waals surface area contributed by atoms with Crippen LogP contribution in [0.25, 0.3) is 0 Å². The van der Waals surface area contributed by atoms with Crippen LogP contribution in [0, 0.1) is 0 Å². The Labute approximate surface area is 576 Å². The molecule has 5 atom stereocenters. The van der Waals surface area contributed by atoms with Gasteiger partial charge in [-0.05, 0) is 86.5 Å². The average Bonchev–Trinajstić information content (AvgIpc) is 0.883. The molecule has 1 unspecified atom stereocenters. The van der Waals surface area contributed by atoms with Crippen molar-refractivity contribution in [3.63, 3.8) is 0 Å². The molecule has 10 aliphatic rings. The monoisotopic (exact) mass is 1360 g/mol. The van der Waals surface area contributed by atoms with Gasteiger partial charge in [0.15, 0.2) is 0 Å². The fourth-order valence-corrected chi connectivity index (χ4v) is 13.8. The van der Waals surface area contributed by atoms with Crippen molar-refractivity contribution in [2.24, 2.45) is 0 Å². The number of hydrogen-bond donors (Lipinski definition) is 2. The van der Waals surface area contributed by atoms with Gasteiger partial charge in [-0.3, -0.25) is 24.0 Å². The van der Waals surface area contributed by atoms with Crippen molar-refractivity contribution in [2.75, 3.05) is 98.2 Å². The molecule has 4 aromatic rings. The maximum absolute atomic E-state index is 12.1. The Morgan fingerprint density at radius 2 is 0.598 bits per heavy atom. The van der Waals surface area contributed by atoms with Gasteiger partial charge in [0, 0.05) is 172 Å². The first-order chi connectivity index (χ1) is 46.8. The zero-order valence-electron chi connectivity index (χ0n) is 55.2. The summed E-state index contributed by atoms with van der Waals surface area (Å²) in [5.74, 6) is 1.40. The molecule has 10 saturated heterocycles. The van der Waals surface area contributed by atoms with Crippen LogP contribution in [0.2, 0.25) is 0 Å². The maximum atomic E-state index is 12.1. The molecule has 0 aliphatic carbocycles. The molecule has 10 fully saturated rings. The highest BCUT2D eigenvalue weighted by Crippen LogP contribution is 2.27. The van der Waals surface area contributed by atoms with E-state index in [4.69, 9.17) is 25.8 Å². The summed E-state index contributed by atoms with van der Waals surface area (Å²) in [7, 11) is 0. The van der Waals surface area contributed by atoms with E-state index in [2.05, 4.69) is 15.4 Å². The third kappa shape index (κ3) is 23.2. The van der Waals surface area contributed by atoms with Crippen molar-refractivity contribution in [1.29, 1.82) is 0 Å². The van der Waals surface area contributed by atoms with Crippen LogP contribution in [0.15, 0.2) is 121 Å². The van der Waals surface area contributed by atoms with E-state index in [1.54, 1.807) is 14.7 Å². The normalized spacial score (nSPS) is 22.5. The Hall–Kier alpha value is -8.28. The number of hydrogen-bond acceptors (Lipinski definition) is 15. The lowest BCUT2D eigenvalue weighted by Gasteiger charge is -2.43. The summed E-state index contributed by atoms with van der Waals surface area (Å²) in [5, 5.41) is 6.62. The lowest BCUT2D eigenvalue weighted by Crippen LogP contribution is -2.58. The molecule has 0 bridgehead atoms. The minimum atomic E-state index is -0.770. The van der Waals surface area contributed by atoms with Gasteiger partial charge in [-0.2, -0.15) is 0 Å². The van der Waals surface area contributed by atoms with Gasteiger partial charge in [0.2, 0.25) is 29.5 Å². The minimum Gasteiger partial charge on any atom is -0.449 e. The minimum absolute atomic E-state index is 0. The summed E-state index contributed by atoms with van der Waals surface area (Å²) < 4.78 is 20.6. The Bertz CT molecular complexity index is 2890. The van der Waals surface area contributed by atoms with E-state index in [-0.39, 0.29) is 68.2 Å². The number of halogens is 1. The van der Waals surface area contributed by atoms with Gasteiger partial charge >= 0.3 is 23.7 Å². The second-order valence-electron chi connectivity index (χ2n) is 25.5. The number of benzene rings is 4. The Morgan fingerprint density at radius 1 is 0.351 bits per heavy atom. The number of carbonyl (C=O) groups excluding carboxylic acids is 9. The van der Waals surface area contributed by atoms with E-state index in [0.29, 0.717) is 122 Å². The van der Waals surface area contributed by atoms with Crippen LogP contribution in [0.4, 0.5) is 19.2 Å². The lowest BCUT2D eigenvalue weighted by molar-refractivity contribution is -0.139. The number of ether oxygens (including phenoxy) is 4. The molecule has 24 heteroatoms. The molecule has 8 amide bonds. The summed E-state index contributed by atoms with van der Waals surface area (Å²) >= 11 is 4.97. The van der Waals surface area contributed by atoms with Gasteiger partial charge < -0.3 is 68.8 Å². The molecule has 97 heavy (non-hydrogen) atoms. The smallest absolute Gasteiger partial charge is 0.410 e. The van der Waals surface area contributed by atoms with Crippen LogP contribution < -0.4 is 10.6 Å². The van der Waals surface area contributed by atoms with Crippen LogP contribution >= 0.6 is 11.6 Å². The fraction of sp³-hybridized carbons (Fsp3) is 0.548. The maximum Gasteiger partial charge on any atom is 0.410 e. The highest BCUT2D eigenvalue weighted by Gasteiger charge is 2.38. The number of fused-ring (bicyclic) bond motifs is 5. The van der Waals surface area contributed by atoms with Crippen LogP contribution in [-0.4, -0.2) is 221 Å². The van der Waals surface area contributed by atoms with E-state index in [1.807, 2.05) is 146 Å². The Balaban J connectivity index is 0.000000152. The number of nitrogens with zero attached hydrogens (tertiary/aromatic N) is 8. The van der Waals surface area contributed by atoms with Crippen LogP contribution in [0.3, 0.4) is 0 Å². The van der Waals surface area contributed by atoms with Gasteiger partial charge in [0.05, 0.1) is 0 Å². The molecule has 2 N–H and O–H groups in total. The molecule has 0 radical (unpaired) electrons. The lowest BCUT2D eigenvalue weighted by atomic mass is 9.99. The van der Waals surface area contributed by atoms with Gasteiger partial charge in [-0.15, -0.1) is 0 Å². The molecular weight excluding hydrogens is 1260 g/mol. The van der Waals surface area contributed by atoms with Gasteiger partial charge in [-0.25, -0.2) is 19.2 Å². The standard InChI is InChI=1S/3C16H20N2O3.C8H7ClO2.2C8H14N2O.CH4/c3*19-15-8-4-7-14-11-17(9-10-18(14)15)16(20)21-12-13-5-2-1-3-6-13;9-8(10)11-6-7-4-2-1-3-5-7;2*11-8-3-1-2-7-6-9-4-5-10(7)8;/h3*1-3,5-6,14H,4,7-12H2;1-5H,6H2;2*7,9H,1-6H2;1H4/t3*14-;;7-;;/m110.1../s1. The molecule has 23 nitrogen and oxygen atoms in total. The summed E-state index contributed by atoms with van der Waals surface area (Å²) in [5.41, 5.74) is 3.11. The van der Waals surface area contributed by atoms with E-state index in [9.17, 15) is 43.2 Å². The molecule has 0 saturated carbocycles. The van der Waals surface area contributed by atoms with E-state index in [1.165, 1.54) is 12.8 Å². The van der Waals surface area contributed by atoms with Crippen molar-refractivity contribution in [3.8, 4) is 0 Å². The van der Waals surface area contributed by atoms with Crippen LogP contribution in [0.5, 0.6) is 0 Å². The first kappa shape index (κ1) is 74.5. The number of nitrogens with one attached hydrogen (secondary N) is 2. The van der Waals surface area contributed by atoms with Gasteiger partial charge in [-0.1, -0.05) is 129 Å². The molecule has 10 aliphatic heterocycles. The topological polar surface area (TPSA) is 241 Å². The zero-order chi connectivity index (χ0) is 67.4. The average molecular weight is 1360 g/mol. The third-order valence-corrected chi connectivity index (χ3v) is 19.1. The molecule has 10 heterocycles. The number of piperidine rings is 5. The predicted octanol–water partition coefficient (Wildman–Crippen LogP) is 9.20.